The van der Waals surface area contributed by atoms with Crippen molar-refractivity contribution in [2.45, 2.75) is 19.9 Å². The van der Waals surface area contributed by atoms with Crippen LogP contribution >= 0.6 is 0 Å². The fourth-order valence-electron chi connectivity index (χ4n) is 3.16. The van der Waals surface area contributed by atoms with Gasteiger partial charge >= 0.3 is 0 Å². The molecular formula is C21H20N2O3. The number of pyridine rings is 1. The third-order valence-corrected chi connectivity index (χ3v) is 4.70. The SMILES string of the molecule is CC1=C(O)C(C)=C(c2cc3cc(C(N)c4cccnc4)ccc3o2)OC1. The molecule has 0 spiro atoms. The molecule has 1 atom stereocenters. The molecule has 132 valence electrons. The predicted octanol–water partition coefficient (Wildman–Crippen LogP) is 4.47. The summed E-state index contributed by atoms with van der Waals surface area (Å²) in [5.74, 6) is 1.44. The van der Waals surface area contributed by atoms with Crippen LogP contribution in [-0.2, 0) is 4.74 Å². The molecule has 3 heterocycles. The number of ether oxygens (including phenoxy) is 1. The maximum Gasteiger partial charge on any atom is 0.170 e. The van der Waals surface area contributed by atoms with Gasteiger partial charge in [0.25, 0.3) is 0 Å². The third-order valence-electron chi connectivity index (χ3n) is 4.70. The van der Waals surface area contributed by atoms with Crippen molar-refractivity contribution in [3.05, 3.63) is 82.6 Å². The van der Waals surface area contributed by atoms with E-state index in [-0.39, 0.29) is 11.8 Å². The van der Waals surface area contributed by atoms with E-state index >= 15 is 0 Å². The first-order valence-electron chi connectivity index (χ1n) is 8.46. The highest BCUT2D eigenvalue weighted by Gasteiger charge is 2.22. The quantitative estimate of drug-likeness (QED) is 0.730. The Kier molecular flexibility index (Phi) is 4.01. The van der Waals surface area contributed by atoms with E-state index in [2.05, 4.69) is 4.98 Å². The van der Waals surface area contributed by atoms with Crippen molar-refractivity contribution in [3.8, 4) is 0 Å². The number of nitrogens with zero attached hydrogens (tertiary/aromatic N) is 1. The van der Waals surface area contributed by atoms with E-state index in [4.69, 9.17) is 14.9 Å². The fraction of sp³-hybridized carbons (Fsp3) is 0.190. The second-order valence-corrected chi connectivity index (χ2v) is 6.54. The van der Waals surface area contributed by atoms with Crippen LogP contribution in [0.4, 0.5) is 0 Å². The minimum absolute atomic E-state index is 0.257. The zero-order valence-electron chi connectivity index (χ0n) is 14.7. The summed E-state index contributed by atoms with van der Waals surface area (Å²) in [6.07, 6.45) is 3.50. The van der Waals surface area contributed by atoms with Crippen LogP contribution in [0.3, 0.4) is 0 Å². The highest BCUT2D eigenvalue weighted by molar-refractivity contribution is 5.83. The molecule has 5 heteroatoms. The van der Waals surface area contributed by atoms with Gasteiger partial charge in [0, 0.05) is 28.9 Å². The zero-order valence-corrected chi connectivity index (χ0v) is 14.7. The molecule has 3 N–H and O–H groups in total. The molecule has 0 amide bonds. The first-order chi connectivity index (χ1) is 12.5. The molecule has 2 aromatic heterocycles. The van der Waals surface area contributed by atoms with Gasteiger partial charge in [-0.2, -0.15) is 0 Å². The minimum atomic E-state index is -0.257. The smallest absolute Gasteiger partial charge is 0.170 e. The van der Waals surface area contributed by atoms with Crippen LogP contribution in [0.1, 0.15) is 36.8 Å². The van der Waals surface area contributed by atoms with Crippen LogP contribution in [0.15, 0.2) is 70.1 Å². The Labute approximate surface area is 151 Å². The van der Waals surface area contributed by atoms with Crippen molar-refractivity contribution in [1.29, 1.82) is 0 Å². The largest absolute Gasteiger partial charge is 0.507 e. The van der Waals surface area contributed by atoms with Gasteiger partial charge < -0.3 is 20.0 Å². The molecule has 0 saturated heterocycles. The summed E-state index contributed by atoms with van der Waals surface area (Å²) < 4.78 is 11.7. The number of benzene rings is 1. The first-order valence-corrected chi connectivity index (χ1v) is 8.46. The van der Waals surface area contributed by atoms with E-state index in [0.717, 1.165) is 27.7 Å². The van der Waals surface area contributed by atoms with Gasteiger partial charge in [0.2, 0.25) is 0 Å². The third kappa shape index (κ3) is 2.76. The molecule has 5 nitrogen and oxygen atoms in total. The average Bonchev–Trinajstić information content (AvgIpc) is 3.09. The number of aromatic nitrogens is 1. The number of nitrogens with two attached hydrogens (primary N) is 1. The van der Waals surface area contributed by atoms with Gasteiger partial charge in [-0.1, -0.05) is 12.1 Å². The lowest BCUT2D eigenvalue weighted by molar-refractivity contribution is 0.272. The van der Waals surface area contributed by atoms with Gasteiger partial charge in [-0.05, 0) is 49.2 Å². The highest BCUT2D eigenvalue weighted by Crippen LogP contribution is 2.34. The van der Waals surface area contributed by atoms with Gasteiger partial charge in [-0.3, -0.25) is 4.98 Å². The van der Waals surface area contributed by atoms with E-state index < -0.39 is 0 Å². The molecule has 1 aromatic carbocycles. The lowest BCUT2D eigenvalue weighted by atomic mass is 10.00. The highest BCUT2D eigenvalue weighted by atomic mass is 16.5. The molecule has 1 unspecified atom stereocenters. The summed E-state index contributed by atoms with van der Waals surface area (Å²) >= 11 is 0. The van der Waals surface area contributed by atoms with Gasteiger partial charge in [0.15, 0.2) is 11.5 Å². The Morgan fingerprint density at radius 3 is 2.77 bits per heavy atom. The Hall–Kier alpha value is -3.05. The van der Waals surface area contributed by atoms with Crippen molar-refractivity contribution >= 4 is 16.7 Å². The van der Waals surface area contributed by atoms with Crippen molar-refractivity contribution in [2.24, 2.45) is 5.73 Å². The molecular weight excluding hydrogens is 328 g/mol. The Morgan fingerprint density at radius 1 is 1.15 bits per heavy atom. The normalized spacial score (nSPS) is 16.1. The molecule has 0 bridgehead atoms. The van der Waals surface area contributed by atoms with Crippen LogP contribution in [-0.4, -0.2) is 16.7 Å². The number of rotatable bonds is 3. The van der Waals surface area contributed by atoms with E-state index in [0.29, 0.717) is 23.7 Å². The minimum Gasteiger partial charge on any atom is -0.507 e. The standard InChI is InChI=1S/C21H20N2O3/c1-12-11-25-21(13(2)20(12)24)18-9-16-8-14(5-6-17(16)26-18)19(22)15-4-3-7-23-10-15/h3-10,19,24H,11,22H2,1-2H3. The summed E-state index contributed by atoms with van der Waals surface area (Å²) in [5, 5.41) is 11.1. The molecule has 0 saturated carbocycles. The van der Waals surface area contributed by atoms with Crippen LogP contribution < -0.4 is 5.73 Å². The summed E-state index contributed by atoms with van der Waals surface area (Å²) in [6.45, 7) is 4.03. The lowest BCUT2D eigenvalue weighted by Gasteiger charge is -2.18. The van der Waals surface area contributed by atoms with Crippen LogP contribution in [0.5, 0.6) is 0 Å². The van der Waals surface area contributed by atoms with Crippen molar-refractivity contribution in [3.63, 3.8) is 0 Å². The van der Waals surface area contributed by atoms with E-state index in [1.807, 2.05) is 50.2 Å². The molecule has 1 aliphatic rings. The summed E-state index contributed by atoms with van der Waals surface area (Å²) in [4.78, 5) is 4.13. The molecule has 3 aromatic rings. The Morgan fingerprint density at radius 2 is 2.00 bits per heavy atom. The van der Waals surface area contributed by atoms with Crippen LogP contribution in [0.2, 0.25) is 0 Å². The molecule has 0 aliphatic carbocycles. The number of hydrogen-bond acceptors (Lipinski definition) is 5. The summed E-state index contributed by atoms with van der Waals surface area (Å²) in [7, 11) is 0. The summed E-state index contributed by atoms with van der Waals surface area (Å²) in [5.41, 5.74) is 10.5. The molecule has 0 radical (unpaired) electrons. The van der Waals surface area contributed by atoms with Gasteiger partial charge in [0.1, 0.15) is 17.9 Å². The number of aliphatic hydroxyl groups excluding tert-OH is 1. The second kappa shape index (κ2) is 6.35. The van der Waals surface area contributed by atoms with Gasteiger partial charge in [-0.15, -0.1) is 0 Å². The second-order valence-electron chi connectivity index (χ2n) is 6.54. The average molecular weight is 348 g/mol. The van der Waals surface area contributed by atoms with E-state index in [1.165, 1.54) is 0 Å². The first kappa shape index (κ1) is 16.4. The van der Waals surface area contributed by atoms with Crippen LogP contribution in [0.25, 0.3) is 16.7 Å². The Balaban J connectivity index is 1.73. The predicted molar refractivity (Wildman–Crippen MR) is 100 cm³/mol. The lowest BCUT2D eigenvalue weighted by Crippen LogP contribution is -2.11. The number of fused-ring (bicyclic) bond motifs is 1. The van der Waals surface area contributed by atoms with Crippen LogP contribution in [0, 0.1) is 0 Å². The fourth-order valence-corrected chi connectivity index (χ4v) is 3.16. The zero-order chi connectivity index (χ0) is 18.3. The number of hydrogen-bond donors (Lipinski definition) is 2. The monoisotopic (exact) mass is 348 g/mol. The molecule has 4 rings (SSSR count). The maximum absolute atomic E-state index is 10.2. The number of aliphatic hydroxyl groups is 1. The van der Waals surface area contributed by atoms with E-state index in [1.54, 1.807) is 12.4 Å². The topological polar surface area (TPSA) is 81.5 Å². The molecule has 0 fully saturated rings. The van der Waals surface area contributed by atoms with Crippen molar-refractivity contribution in [2.75, 3.05) is 6.61 Å². The van der Waals surface area contributed by atoms with Gasteiger partial charge in [-0.25, -0.2) is 0 Å². The maximum atomic E-state index is 10.2. The summed E-state index contributed by atoms with van der Waals surface area (Å²) in [6, 6.07) is 11.4. The van der Waals surface area contributed by atoms with Crippen molar-refractivity contribution < 1.29 is 14.3 Å². The van der Waals surface area contributed by atoms with Crippen molar-refractivity contribution in [1.82, 2.24) is 4.98 Å². The molecule has 1 aliphatic heterocycles. The van der Waals surface area contributed by atoms with Gasteiger partial charge in [0.05, 0.1) is 6.04 Å². The number of allylic oxidation sites excluding steroid dienone is 1. The number of furan rings is 1. The van der Waals surface area contributed by atoms with E-state index in [9.17, 15) is 5.11 Å². The molecule has 26 heavy (non-hydrogen) atoms. The Bertz CT molecular complexity index is 1030.